The highest BCUT2D eigenvalue weighted by Crippen LogP contribution is 2.37. The van der Waals surface area contributed by atoms with Crippen molar-refractivity contribution in [3.05, 3.63) is 29.4 Å². The van der Waals surface area contributed by atoms with Crippen LogP contribution in [-0.2, 0) is 0 Å². The molecule has 2 rings (SSSR count). The summed E-state index contributed by atoms with van der Waals surface area (Å²) in [4.78, 5) is 7.77. The summed E-state index contributed by atoms with van der Waals surface area (Å²) in [6.07, 6.45) is 0. The van der Waals surface area contributed by atoms with Crippen LogP contribution in [-0.4, -0.2) is 22.2 Å². The zero-order chi connectivity index (χ0) is 12.4. The third kappa shape index (κ3) is 2.24. The fraction of sp³-hybridized carbons (Fsp3) is 0.0909. The maximum atomic E-state index is 9.83. The molecule has 0 atom stereocenters. The van der Waals surface area contributed by atoms with E-state index < -0.39 is 0 Å². The average molecular weight is 252 g/mol. The van der Waals surface area contributed by atoms with E-state index in [1.54, 1.807) is 12.1 Å². The van der Waals surface area contributed by atoms with E-state index in [9.17, 15) is 5.11 Å². The molecule has 1 aromatic carbocycles. The average Bonchev–Trinajstić information content (AvgIpc) is 2.27. The predicted molar refractivity (Wildman–Crippen MR) is 65.1 cm³/mol. The monoisotopic (exact) mass is 251 g/mol. The van der Waals surface area contributed by atoms with Gasteiger partial charge in [-0.05, 0) is 12.1 Å². The molecule has 88 valence electrons. The molecular weight excluding hydrogens is 242 g/mol. The number of phenols is 1. The first-order valence-corrected chi connectivity index (χ1v) is 5.16. The third-order valence-electron chi connectivity index (χ3n) is 2.19. The van der Waals surface area contributed by atoms with Gasteiger partial charge in [-0.3, -0.25) is 0 Å². The summed E-state index contributed by atoms with van der Waals surface area (Å²) >= 11 is 5.79. The van der Waals surface area contributed by atoms with Crippen molar-refractivity contribution >= 4 is 17.5 Å². The van der Waals surface area contributed by atoms with E-state index in [1.807, 2.05) is 0 Å². The fourth-order valence-corrected chi connectivity index (χ4v) is 1.70. The summed E-state index contributed by atoms with van der Waals surface area (Å²) in [6.45, 7) is 0. The van der Waals surface area contributed by atoms with Gasteiger partial charge >= 0.3 is 0 Å². The first-order valence-electron chi connectivity index (χ1n) is 4.78. The molecule has 0 saturated carbocycles. The van der Waals surface area contributed by atoms with Gasteiger partial charge in [0.2, 0.25) is 5.95 Å². The van der Waals surface area contributed by atoms with Crippen LogP contribution in [0.1, 0.15) is 0 Å². The Bertz CT molecular complexity index is 540. The maximum Gasteiger partial charge on any atom is 0.221 e. The molecule has 0 aliphatic carbocycles. The van der Waals surface area contributed by atoms with Gasteiger partial charge in [0.1, 0.15) is 16.7 Å². The van der Waals surface area contributed by atoms with Gasteiger partial charge in [0.05, 0.1) is 18.4 Å². The SMILES string of the molecule is COc1cccc(O)c1-c1cc(Cl)nc(N)n1. The van der Waals surface area contributed by atoms with Crippen molar-refractivity contribution in [2.24, 2.45) is 0 Å². The molecule has 0 bridgehead atoms. The quantitative estimate of drug-likeness (QED) is 0.799. The highest BCUT2D eigenvalue weighted by Gasteiger charge is 2.13. The number of phenolic OH excluding ortho intramolecular Hbond substituents is 1. The number of nitrogens with two attached hydrogens (primary N) is 1. The fourth-order valence-electron chi connectivity index (χ4n) is 1.51. The van der Waals surface area contributed by atoms with Crippen LogP contribution in [0.15, 0.2) is 24.3 Å². The number of methoxy groups -OCH3 is 1. The van der Waals surface area contributed by atoms with E-state index in [-0.39, 0.29) is 16.9 Å². The molecule has 3 N–H and O–H groups in total. The minimum atomic E-state index is 0.0396. The van der Waals surface area contributed by atoms with Gasteiger partial charge in [-0.25, -0.2) is 9.97 Å². The predicted octanol–water partition coefficient (Wildman–Crippen LogP) is 2.09. The van der Waals surface area contributed by atoms with Crippen molar-refractivity contribution in [3.8, 4) is 22.8 Å². The third-order valence-corrected chi connectivity index (χ3v) is 2.39. The second-order valence-electron chi connectivity index (χ2n) is 3.29. The molecule has 0 amide bonds. The topological polar surface area (TPSA) is 81.3 Å². The van der Waals surface area contributed by atoms with Crippen molar-refractivity contribution in [2.75, 3.05) is 12.8 Å². The molecule has 0 aliphatic rings. The molecule has 1 heterocycles. The number of rotatable bonds is 2. The second kappa shape index (κ2) is 4.47. The van der Waals surface area contributed by atoms with Crippen molar-refractivity contribution < 1.29 is 9.84 Å². The standard InChI is InChI=1S/C11H10ClN3O2/c1-17-8-4-2-3-7(16)10(8)6-5-9(12)15-11(13)14-6/h2-5,16H,1H3,(H2,13,14,15). The number of aromatic nitrogens is 2. The van der Waals surface area contributed by atoms with Crippen LogP contribution in [0.2, 0.25) is 5.15 Å². The minimum absolute atomic E-state index is 0.0396. The van der Waals surface area contributed by atoms with Crippen molar-refractivity contribution in [3.63, 3.8) is 0 Å². The van der Waals surface area contributed by atoms with Gasteiger partial charge in [-0.1, -0.05) is 17.7 Å². The summed E-state index contributed by atoms with van der Waals surface area (Å²) in [7, 11) is 1.50. The summed E-state index contributed by atoms with van der Waals surface area (Å²) in [5.41, 5.74) is 6.36. The first-order chi connectivity index (χ1) is 8.11. The molecule has 1 aromatic heterocycles. The molecule has 0 saturated heterocycles. The van der Waals surface area contributed by atoms with Gasteiger partial charge in [0.25, 0.3) is 0 Å². The lowest BCUT2D eigenvalue weighted by atomic mass is 10.1. The van der Waals surface area contributed by atoms with Crippen molar-refractivity contribution in [1.82, 2.24) is 9.97 Å². The van der Waals surface area contributed by atoms with Gasteiger partial charge in [-0.2, -0.15) is 0 Å². The highest BCUT2D eigenvalue weighted by molar-refractivity contribution is 6.29. The summed E-state index contributed by atoms with van der Waals surface area (Å²) in [6, 6.07) is 6.42. The van der Waals surface area contributed by atoms with Crippen LogP contribution in [0.5, 0.6) is 11.5 Å². The molecule has 0 unspecified atom stereocenters. The highest BCUT2D eigenvalue weighted by atomic mass is 35.5. The van der Waals surface area contributed by atoms with Crippen LogP contribution in [0.3, 0.4) is 0 Å². The maximum absolute atomic E-state index is 9.83. The van der Waals surface area contributed by atoms with E-state index in [0.717, 1.165) is 0 Å². The van der Waals surface area contributed by atoms with E-state index in [1.165, 1.54) is 19.2 Å². The molecule has 0 aliphatic heterocycles. The zero-order valence-electron chi connectivity index (χ0n) is 9.01. The number of benzene rings is 1. The number of hydrogen-bond donors (Lipinski definition) is 2. The number of anilines is 1. The Morgan fingerprint density at radius 1 is 1.35 bits per heavy atom. The Morgan fingerprint density at radius 2 is 2.12 bits per heavy atom. The molecule has 2 aromatic rings. The van der Waals surface area contributed by atoms with Crippen LogP contribution >= 0.6 is 11.6 Å². The first kappa shape index (κ1) is 11.5. The van der Waals surface area contributed by atoms with Crippen LogP contribution in [0.25, 0.3) is 11.3 Å². The lowest BCUT2D eigenvalue weighted by Crippen LogP contribution is -1.98. The molecule has 0 radical (unpaired) electrons. The van der Waals surface area contributed by atoms with E-state index in [2.05, 4.69) is 9.97 Å². The molecule has 17 heavy (non-hydrogen) atoms. The number of hydrogen-bond acceptors (Lipinski definition) is 5. The molecule has 5 nitrogen and oxygen atoms in total. The normalized spacial score (nSPS) is 10.2. The Hall–Kier alpha value is -2.01. The second-order valence-corrected chi connectivity index (χ2v) is 3.68. The number of aromatic hydroxyl groups is 1. The van der Waals surface area contributed by atoms with Crippen molar-refractivity contribution in [1.29, 1.82) is 0 Å². The Labute approximate surface area is 103 Å². The number of nitrogens with zero attached hydrogens (tertiary/aromatic N) is 2. The summed E-state index contributed by atoms with van der Waals surface area (Å²) in [5.74, 6) is 0.565. The molecule has 6 heteroatoms. The van der Waals surface area contributed by atoms with Crippen LogP contribution in [0.4, 0.5) is 5.95 Å². The lowest BCUT2D eigenvalue weighted by Gasteiger charge is -2.10. The molecule has 0 fully saturated rings. The van der Waals surface area contributed by atoms with Crippen LogP contribution < -0.4 is 10.5 Å². The Morgan fingerprint density at radius 3 is 2.76 bits per heavy atom. The number of halogens is 1. The smallest absolute Gasteiger partial charge is 0.221 e. The van der Waals surface area contributed by atoms with E-state index in [0.29, 0.717) is 17.0 Å². The van der Waals surface area contributed by atoms with Gasteiger partial charge in [0.15, 0.2) is 0 Å². The number of nitrogen functional groups attached to an aromatic ring is 1. The Balaban J connectivity index is 2.67. The summed E-state index contributed by atoms with van der Waals surface area (Å²) < 4.78 is 5.16. The summed E-state index contributed by atoms with van der Waals surface area (Å²) in [5, 5.41) is 10.0. The van der Waals surface area contributed by atoms with E-state index >= 15 is 0 Å². The van der Waals surface area contributed by atoms with Gasteiger partial charge < -0.3 is 15.6 Å². The lowest BCUT2D eigenvalue weighted by molar-refractivity contribution is 0.410. The van der Waals surface area contributed by atoms with Gasteiger partial charge in [0, 0.05) is 6.07 Å². The largest absolute Gasteiger partial charge is 0.507 e. The Kier molecular flexibility index (Phi) is 3.01. The van der Waals surface area contributed by atoms with Crippen LogP contribution in [0, 0.1) is 0 Å². The van der Waals surface area contributed by atoms with Gasteiger partial charge in [-0.15, -0.1) is 0 Å². The van der Waals surface area contributed by atoms with Crippen molar-refractivity contribution in [2.45, 2.75) is 0 Å². The van der Waals surface area contributed by atoms with E-state index in [4.69, 9.17) is 22.1 Å². The molecular formula is C11H10ClN3O2. The minimum Gasteiger partial charge on any atom is -0.507 e. The zero-order valence-corrected chi connectivity index (χ0v) is 9.77. The number of ether oxygens (including phenoxy) is 1. The molecule has 0 spiro atoms.